The first-order valence-electron chi connectivity index (χ1n) is 6.93. The monoisotopic (exact) mass is 286 g/mol. The molecule has 0 spiro atoms. The maximum atomic E-state index is 12.3. The third kappa shape index (κ3) is 3.63. The van der Waals surface area contributed by atoms with E-state index < -0.39 is 12.0 Å². The molecule has 0 aromatic rings. The summed E-state index contributed by atoms with van der Waals surface area (Å²) < 4.78 is 0. The zero-order chi connectivity index (χ0) is 13.8. The van der Waals surface area contributed by atoms with Crippen LogP contribution < -0.4 is 0 Å². The number of amides is 1. The van der Waals surface area contributed by atoms with Gasteiger partial charge in [0.25, 0.3) is 0 Å². The van der Waals surface area contributed by atoms with E-state index in [1.54, 1.807) is 11.8 Å². The number of aliphatic carboxylic acids is 1. The molecule has 1 amide bonds. The second-order valence-corrected chi connectivity index (χ2v) is 6.48. The van der Waals surface area contributed by atoms with E-state index in [4.69, 9.17) is 0 Å². The van der Waals surface area contributed by atoms with Crippen molar-refractivity contribution in [1.82, 2.24) is 9.80 Å². The molecule has 6 heteroatoms. The molecule has 2 unspecified atom stereocenters. The van der Waals surface area contributed by atoms with E-state index in [1.807, 2.05) is 9.80 Å². The van der Waals surface area contributed by atoms with Gasteiger partial charge in [0.2, 0.25) is 5.91 Å². The fourth-order valence-electron chi connectivity index (χ4n) is 2.79. The predicted molar refractivity (Wildman–Crippen MR) is 75.3 cm³/mol. The van der Waals surface area contributed by atoms with E-state index in [0.29, 0.717) is 18.3 Å². The molecule has 19 heavy (non-hydrogen) atoms. The van der Waals surface area contributed by atoms with E-state index in [2.05, 4.69) is 6.92 Å². The van der Waals surface area contributed by atoms with E-state index >= 15 is 0 Å². The lowest BCUT2D eigenvalue weighted by atomic mass is 10.0. The number of hydrogen-bond acceptors (Lipinski definition) is 4. The molecule has 0 radical (unpaired) electrons. The fraction of sp³-hybridized carbons (Fsp3) is 0.846. The number of carboxylic acids is 1. The lowest BCUT2D eigenvalue weighted by Gasteiger charge is -2.37. The van der Waals surface area contributed by atoms with Gasteiger partial charge in [-0.1, -0.05) is 0 Å². The molecule has 0 aromatic heterocycles. The minimum absolute atomic E-state index is 0.0883. The van der Waals surface area contributed by atoms with Gasteiger partial charge in [-0.2, -0.15) is 11.8 Å². The summed E-state index contributed by atoms with van der Waals surface area (Å²) in [7, 11) is 0. The van der Waals surface area contributed by atoms with Crippen molar-refractivity contribution in [3.63, 3.8) is 0 Å². The van der Waals surface area contributed by atoms with E-state index in [1.165, 1.54) is 6.42 Å². The molecule has 2 aliphatic rings. The van der Waals surface area contributed by atoms with Crippen molar-refractivity contribution in [3.05, 3.63) is 0 Å². The van der Waals surface area contributed by atoms with Crippen LogP contribution in [0.5, 0.6) is 0 Å². The molecule has 2 atom stereocenters. The molecule has 0 saturated carbocycles. The van der Waals surface area contributed by atoms with Crippen LogP contribution in [0.15, 0.2) is 0 Å². The number of rotatable bonds is 3. The average molecular weight is 286 g/mol. The predicted octanol–water partition coefficient (Wildman–Crippen LogP) is 0.889. The van der Waals surface area contributed by atoms with Gasteiger partial charge in [0.05, 0.1) is 6.54 Å². The Labute approximate surface area is 118 Å². The van der Waals surface area contributed by atoms with Crippen LogP contribution in [-0.4, -0.2) is 70.0 Å². The fourth-order valence-corrected chi connectivity index (χ4v) is 3.89. The number of carboxylic acid groups (broad SMARTS) is 1. The lowest BCUT2D eigenvalue weighted by molar-refractivity contribution is -0.144. The molecule has 2 rings (SSSR count). The zero-order valence-corrected chi connectivity index (χ0v) is 12.2. The highest BCUT2D eigenvalue weighted by Gasteiger charge is 2.32. The Balaban J connectivity index is 1.94. The second kappa shape index (κ2) is 6.61. The summed E-state index contributed by atoms with van der Waals surface area (Å²) in [6.45, 7) is 3.84. The first kappa shape index (κ1) is 14.7. The maximum Gasteiger partial charge on any atom is 0.321 e. The summed E-state index contributed by atoms with van der Waals surface area (Å²) in [5, 5.41) is 9.20. The minimum atomic E-state index is -0.813. The van der Waals surface area contributed by atoms with Crippen LogP contribution in [0.25, 0.3) is 0 Å². The van der Waals surface area contributed by atoms with Gasteiger partial charge >= 0.3 is 5.97 Å². The number of carbonyl (C=O) groups excluding carboxylic acids is 1. The number of piperidine rings is 1. The molecule has 0 aromatic carbocycles. The van der Waals surface area contributed by atoms with Crippen molar-refractivity contribution in [2.24, 2.45) is 0 Å². The van der Waals surface area contributed by atoms with Crippen molar-refractivity contribution in [2.75, 3.05) is 31.1 Å². The SMILES string of the molecule is CC1CCCCN1C(=O)CN1CCSCC1C(=O)O. The Hall–Kier alpha value is -0.750. The van der Waals surface area contributed by atoms with Crippen molar-refractivity contribution < 1.29 is 14.7 Å². The Morgan fingerprint density at radius 2 is 2.11 bits per heavy atom. The molecule has 2 saturated heterocycles. The lowest BCUT2D eigenvalue weighted by Crippen LogP contribution is -2.53. The first-order valence-corrected chi connectivity index (χ1v) is 8.09. The molecule has 0 bridgehead atoms. The molecule has 2 aliphatic heterocycles. The van der Waals surface area contributed by atoms with Gasteiger partial charge in [0.1, 0.15) is 6.04 Å². The standard InChI is InChI=1S/C13H22N2O3S/c1-10-4-2-3-5-15(10)12(16)8-14-6-7-19-9-11(14)13(17)18/h10-11H,2-9H2,1H3,(H,17,18). The third-order valence-corrected chi connectivity index (χ3v) is 5.01. The summed E-state index contributed by atoms with van der Waals surface area (Å²) in [6, 6.07) is -0.216. The van der Waals surface area contributed by atoms with Crippen molar-refractivity contribution >= 4 is 23.6 Å². The van der Waals surface area contributed by atoms with Gasteiger partial charge in [0.15, 0.2) is 0 Å². The molecule has 0 aliphatic carbocycles. The van der Waals surface area contributed by atoms with Crippen LogP contribution in [0.3, 0.4) is 0 Å². The molecule has 2 heterocycles. The zero-order valence-electron chi connectivity index (χ0n) is 11.4. The molecule has 2 fully saturated rings. The average Bonchev–Trinajstić information content (AvgIpc) is 2.39. The second-order valence-electron chi connectivity index (χ2n) is 5.33. The van der Waals surface area contributed by atoms with Crippen molar-refractivity contribution in [1.29, 1.82) is 0 Å². The van der Waals surface area contributed by atoms with Crippen LogP contribution in [0.4, 0.5) is 0 Å². The summed E-state index contributed by atoms with van der Waals surface area (Å²) in [6.07, 6.45) is 3.31. The number of thioether (sulfide) groups is 1. The number of nitrogens with zero attached hydrogens (tertiary/aromatic N) is 2. The Kier molecular flexibility index (Phi) is 5.10. The maximum absolute atomic E-state index is 12.3. The van der Waals surface area contributed by atoms with Gasteiger partial charge < -0.3 is 10.0 Å². The molecular weight excluding hydrogens is 264 g/mol. The van der Waals surface area contributed by atoms with E-state index in [9.17, 15) is 14.7 Å². The largest absolute Gasteiger partial charge is 0.480 e. The van der Waals surface area contributed by atoms with E-state index in [0.717, 1.165) is 25.1 Å². The Morgan fingerprint density at radius 1 is 1.32 bits per heavy atom. The normalized spacial score (nSPS) is 29.2. The smallest absolute Gasteiger partial charge is 0.321 e. The highest BCUT2D eigenvalue weighted by atomic mass is 32.2. The molecule has 5 nitrogen and oxygen atoms in total. The minimum Gasteiger partial charge on any atom is -0.480 e. The van der Waals surface area contributed by atoms with Gasteiger partial charge in [-0.15, -0.1) is 0 Å². The van der Waals surface area contributed by atoms with Gasteiger partial charge in [-0.05, 0) is 26.2 Å². The molecule has 1 N–H and O–H groups in total. The van der Waals surface area contributed by atoms with Gasteiger partial charge in [-0.3, -0.25) is 14.5 Å². The summed E-state index contributed by atoms with van der Waals surface area (Å²) in [5.41, 5.74) is 0. The number of hydrogen-bond donors (Lipinski definition) is 1. The Morgan fingerprint density at radius 3 is 2.79 bits per heavy atom. The topological polar surface area (TPSA) is 60.9 Å². The van der Waals surface area contributed by atoms with Crippen molar-refractivity contribution in [2.45, 2.75) is 38.3 Å². The highest BCUT2D eigenvalue weighted by Crippen LogP contribution is 2.19. The van der Waals surface area contributed by atoms with Gasteiger partial charge in [0, 0.05) is 30.6 Å². The first-order chi connectivity index (χ1) is 9.09. The molecular formula is C13H22N2O3S. The summed E-state index contributed by atoms with van der Waals surface area (Å²) >= 11 is 1.65. The number of carbonyl (C=O) groups is 2. The van der Waals surface area contributed by atoms with Crippen LogP contribution in [0.2, 0.25) is 0 Å². The van der Waals surface area contributed by atoms with Gasteiger partial charge in [-0.25, -0.2) is 0 Å². The van der Waals surface area contributed by atoms with E-state index in [-0.39, 0.29) is 12.5 Å². The van der Waals surface area contributed by atoms with Crippen LogP contribution in [-0.2, 0) is 9.59 Å². The Bertz CT molecular complexity index is 351. The highest BCUT2D eigenvalue weighted by molar-refractivity contribution is 7.99. The summed E-state index contributed by atoms with van der Waals surface area (Å²) in [4.78, 5) is 27.3. The number of likely N-dealkylation sites (tertiary alicyclic amines) is 1. The third-order valence-electron chi connectivity index (χ3n) is 3.99. The van der Waals surface area contributed by atoms with Crippen LogP contribution in [0, 0.1) is 0 Å². The summed E-state index contributed by atoms with van der Waals surface area (Å²) in [5.74, 6) is 0.766. The molecule has 108 valence electrons. The van der Waals surface area contributed by atoms with Crippen LogP contribution in [0.1, 0.15) is 26.2 Å². The quantitative estimate of drug-likeness (QED) is 0.835. The van der Waals surface area contributed by atoms with Crippen molar-refractivity contribution in [3.8, 4) is 0 Å². The van der Waals surface area contributed by atoms with Crippen LogP contribution >= 0.6 is 11.8 Å².